The molecule has 4 rings (SSSR count). The maximum Gasteiger partial charge on any atom is 0.170 e. The van der Waals surface area contributed by atoms with Gasteiger partial charge in [0.2, 0.25) is 0 Å². The molecular weight excluding hydrogens is 364 g/mol. The molecule has 0 radical (unpaired) electrons. The molecule has 2 atom stereocenters. The van der Waals surface area contributed by atoms with Crippen molar-refractivity contribution in [3.8, 4) is 5.69 Å². The quantitative estimate of drug-likeness (QED) is 0.650. The van der Waals surface area contributed by atoms with Crippen molar-refractivity contribution < 1.29 is 0 Å². The highest BCUT2D eigenvalue weighted by Crippen LogP contribution is 2.41. The standard InChI is InChI=1S/C23H26N4S/c1-5-26-22(21(25-23(26)28)19-11-8-9-13-24-19)18-14-16(3)27(17(18)4)20-12-7-6-10-15(20)2/h6-14,21-22H,5H2,1-4H3,(H,25,28)/t21-,22-/m0/s1. The summed E-state index contributed by atoms with van der Waals surface area (Å²) >= 11 is 5.67. The summed E-state index contributed by atoms with van der Waals surface area (Å²) in [6, 6.07) is 17.1. The zero-order valence-electron chi connectivity index (χ0n) is 16.8. The Hall–Kier alpha value is -2.66. The Balaban J connectivity index is 1.85. The van der Waals surface area contributed by atoms with Gasteiger partial charge in [-0.15, -0.1) is 0 Å². The molecule has 1 fully saturated rings. The monoisotopic (exact) mass is 390 g/mol. The number of thiocarbonyl (C=S) groups is 1. The summed E-state index contributed by atoms with van der Waals surface area (Å²) in [4.78, 5) is 6.89. The topological polar surface area (TPSA) is 33.1 Å². The molecule has 5 heteroatoms. The first-order valence-electron chi connectivity index (χ1n) is 9.75. The van der Waals surface area contributed by atoms with E-state index >= 15 is 0 Å². The summed E-state index contributed by atoms with van der Waals surface area (Å²) in [5.41, 5.74) is 7.30. The fourth-order valence-corrected chi connectivity index (χ4v) is 4.73. The number of likely N-dealkylation sites (N-methyl/N-ethyl adjacent to an activating group) is 1. The van der Waals surface area contributed by atoms with Crippen LogP contribution in [0.15, 0.2) is 54.7 Å². The molecule has 1 aliphatic heterocycles. The van der Waals surface area contributed by atoms with E-state index < -0.39 is 0 Å². The molecule has 0 amide bonds. The Kier molecular flexibility index (Phi) is 4.94. The van der Waals surface area contributed by atoms with Crippen molar-refractivity contribution in [3.63, 3.8) is 0 Å². The molecule has 28 heavy (non-hydrogen) atoms. The fraction of sp³-hybridized carbons (Fsp3) is 0.304. The van der Waals surface area contributed by atoms with E-state index in [4.69, 9.17) is 12.2 Å². The summed E-state index contributed by atoms with van der Waals surface area (Å²) in [6.45, 7) is 9.56. The smallest absolute Gasteiger partial charge is 0.170 e. The van der Waals surface area contributed by atoms with Crippen LogP contribution < -0.4 is 5.32 Å². The SMILES string of the molecule is CCN1C(=S)N[C@@H](c2ccccn2)[C@@H]1c1cc(C)n(-c2ccccc2C)c1C. The maximum atomic E-state index is 5.67. The second kappa shape index (κ2) is 7.40. The predicted octanol–water partition coefficient (Wildman–Crippen LogP) is 4.79. The first-order chi connectivity index (χ1) is 13.5. The lowest BCUT2D eigenvalue weighted by Gasteiger charge is -2.27. The highest BCUT2D eigenvalue weighted by molar-refractivity contribution is 7.80. The Morgan fingerprint density at radius 1 is 1.07 bits per heavy atom. The molecule has 4 nitrogen and oxygen atoms in total. The minimum absolute atomic E-state index is 0.0412. The molecular formula is C23H26N4S. The molecule has 3 heterocycles. The van der Waals surface area contributed by atoms with Crippen LogP contribution in [0.2, 0.25) is 0 Å². The van der Waals surface area contributed by atoms with Crippen LogP contribution in [0.5, 0.6) is 0 Å². The number of aromatic nitrogens is 2. The van der Waals surface area contributed by atoms with Gasteiger partial charge in [-0.05, 0) is 75.3 Å². The van der Waals surface area contributed by atoms with Gasteiger partial charge in [-0.2, -0.15) is 0 Å². The lowest BCUT2D eigenvalue weighted by Crippen LogP contribution is -2.29. The van der Waals surface area contributed by atoms with Gasteiger partial charge in [0.15, 0.2) is 5.11 Å². The molecule has 2 aromatic heterocycles. The zero-order chi connectivity index (χ0) is 19.8. The molecule has 1 aromatic carbocycles. The largest absolute Gasteiger partial charge is 0.352 e. The minimum atomic E-state index is 0.0412. The van der Waals surface area contributed by atoms with E-state index in [1.807, 2.05) is 18.3 Å². The maximum absolute atomic E-state index is 5.67. The highest BCUT2D eigenvalue weighted by Gasteiger charge is 2.40. The molecule has 1 N–H and O–H groups in total. The van der Waals surface area contributed by atoms with Crippen molar-refractivity contribution in [2.45, 2.75) is 39.8 Å². The first kappa shape index (κ1) is 18.7. The van der Waals surface area contributed by atoms with E-state index in [0.717, 1.165) is 17.4 Å². The molecule has 0 spiro atoms. The third-order valence-electron chi connectivity index (χ3n) is 5.68. The number of aryl methyl sites for hydroxylation is 2. The van der Waals surface area contributed by atoms with Crippen molar-refractivity contribution in [3.05, 3.63) is 82.9 Å². The van der Waals surface area contributed by atoms with E-state index in [0.29, 0.717) is 0 Å². The van der Waals surface area contributed by atoms with Gasteiger partial charge in [-0.3, -0.25) is 4.98 Å². The number of nitrogens with zero attached hydrogens (tertiary/aromatic N) is 3. The zero-order valence-corrected chi connectivity index (χ0v) is 17.6. The fourth-order valence-electron chi connectivity index (χ4n) is 4.36. The van der Waals surface area contributed by atoms with Gasteiger partial charge in [0, 0.05) is 29.8 Å². The first-order valence-corrected chi connectivity index (χ1v) is 10.2. The number of para-hydroxylation sites is 1. The molecule has 0 bridgehead atoms. The van der Waals surface area contributed by atoms with Crippen LogP contribution >= 0.6 is 12.2 Å². The van der Waals surface area contributed by atoms with E-state index in [-0.39, 0.29) is 12.1 Å². The van der Waals surface area contributed by atoms with Crippen LogP contribution in [0.25, 0.3) is 5.69 Å². The van der Waals surface area contributed by atoms with Gasteiger partial charge in [0.05, 0.1) is 17.8 Å². The Morgan fingerprint density at radius 3 is 2.50 bits per heavy atom. The molecule has 1 aliphatic rings. The minimum Gasteiger partial charge on any atom is -0.352 e. The van der Waals surface area contributed by atoms with Crippen molar-refractivity contribution in [1.82, 2.24) is 19.8 Å². The summed E-state index contributed by atoms with van der Waals surface area (Å²) in [7, 11) is 0. The van der Waals surface area contributed by atoms with Crippen LogP contribution in [0.4, 0.5) is 0 Å². The summed E-state index contributed by atoms with van der Waals surface area (Å²) in [6.07, 6.45) is 1.85. The van der Waals surface area contributed by atoms with Gasteiger partial charge >= 0.3 is 0 Å². The number of hydrogen-bond acceptors (Lipinski definition) is 2. The van der Waals surface area contributed by atoms with Crippen LogP contribution in [0, 0.1) is 20.8 Å². The van der Waals surface area contributed by atoms with Crippen molar-refractivity contribution in [2.24, 2.45) is 0 Å². The van der Waals surface area contributed by atoms with Crippen LogP contribution in [0.1, 0.15) is 47.2 Å². The number of hydrogen-bond donors (Lipinski definition) is 1. The number of nitrogens with one attached hydrogen (secondary N) is 1. The molecule has 0 unspecified atom stereocenters. The third-order valence-corrected chi connectivity index (χ3v) is 6.04. The molecule has 144 valence electrons. The van der Waals surface area contributed by atoms with E-state index in [2.05, 4.69) is 83.9 Å². The lowest BCUT2D eigenvalue weighted by molar-refractivity contribution is 0.329. The van der Waals surface area contributed by atoms with Crippen LogP contribution in [-0.4, -0.2) is 26.1 Å². The average Bonchev–Trinajstić information content (AvgIpc) is 3.18. The molecule has 3 aromatic rings. The van der Waals surface area contributed by atoms with Gasteiger partial charge in [0.25, 0.3) is 0 Å². The molecule has 1 saturated heterocycles. The number of rotatable bonds is 4. The van der Waals surface area contributed by atoms with Crippen LogP contribution in [-0.2, 0) is 0 Å². The van der Waals surface area contributed by atoms with E-state index in [9.17, 15) is 0 Å². The second-order valence-electron chi connectivity index (χ2n) is 7.36. The highest BCUT2D eigenvalue weighted by atomic mass is 32.1. The van der Waals surface area contributed by atoms with E-state index in [1.54, 1.807) is 0 Å². The van der Waals surface area contributed by atoms with Crippen molar-refractivity contribution in [1.29, 1.82) is 0 Å². The normalized spacial score (nSPS) is 19.1. The Morgan fingerprint density at radius 2 is 1.82 bits per heavy atom. The average molecular weight is 391 g/mol. The number of benzene rings is 1. The van der Waals surface area contributed by atoms with E-state index in [1.165, 1.54) is 28.2 Å². The molecule has 0 saturated carbocycles. The van der Waals surface area contributed by atoms with Gasteiger partial charge in [-0.25, -0.2) is 0 Å². The number of pyridine rings is 1. The summed E-state index contributed by atoms with van der Waals surface area (Å²) < 4.78 is 2.36. The lowest BCUT2D eigenvalue weighted by atomic mass is 9.97. The van der Waals surface area contributed by atoms with Gasteiger partial charge in [-0.1, -0.05) is 24.3 Å². The predicted molar refractivity (Wildman–Crippen MR) is 118 cm³/mol. The van der Waals surface area contributed by atoms with Gasteiger partial charge < -0.3 is 14.8 Å². The summed E-state index contributed by atoms with van der Waals surface area (Å²) in [5, 5.41) is 4.31. The summed E-state index contributed by atoms with van der Waals surface area (Å²) in [5.74, 6) is 0. The third kappa shape index (κ3) is 3.00. The van der Waals surface area contributed by atoms with Gasteiger partial charge in [0.1, 0.15) is 0 Å². The second-order valence-corrected chi connectivity index (χ2v) is 7.75. The van der Waals surface area contributed by atoms with Crippen LogP contribution in [0.3, 0.4) is 0 Å². The van der Waals surface area contributed by atoms with Crippen molar-refractivity contribution >= 4 is 17.3 Å². The van der Waals surface area contributed by atoms with Crippen molar-refractivity contribution in [2.75, 3.05) is 6.54 Å². The Bertz CT molecular complexity index is 1010. The Labute approximate surface area is 172 Å². The molecule has 0 aliphatic carbocycles.